The highest BCUT2D eigenvalue weighted by Crippen LogP contribution is 2.19. The molecule has 2 N–H and O–H groups in total. The normalized spacial score (nSPS) is 12.4. The fourth-order valence-electron chi connectivity index (χ4n) is 1.76. The van der Waals surface area contributed by atoms with Crippen LogP contribution in [0.3, 0.4) is 0 Å². The summed E-state index contributed by atoms with van der Waals surface area (Å²) in [4.78, 5) is 0. The van der Waals surface area contributed by atoms with Gasteiger partial charge in [-0.05, 0) is 43.2 Å². The number of benzene rings is 1. The first-order valence-corrected chi connectivity index (χ1v) is 5.79. The van der Waals surface area contributed by atoms with Crippen LogP contribution < -0.4 is 5.32 Å². The van der Waals surface area contributed by atoms with Crippen molar-refractivity contribution in [1.29, 1.82) is 0 Å². The number of furan rings is 1. The zero-order valence-electron chi connectivity index (χ0n) is 9.89. The fourth-order valence-corrected chi connectivity index (χ4v) is 1.76. The van der Waals surface area contributed by atoms with Gasteiger partial charge in [-0.25, -0.2) is 0 Å². The summed E-state index contributed by atoms with van der Waals surface area (Å²) in [6.07, 6.45) is 2.38. The molecule has 0 bridgehead atoms. The first-order valence-electron chi connectivity index (χ1n) is 5.79. The van der Waals surface area contributed by atoms with Gasteiger partial charge in [-0.2, -0.15) is 0 Å². The van der Waals surface area contributed by atoms with E-state index in [0.29, 0.717) is 6.42 Å². The summed E-state index contributed by atoms with van der Waals surface area (Å²) in [6, 6.07) is 12.1. The molecule has 3 heteroatoms. The Hall–Kier alpha value is -1.74. The molecule has 17 heavy (non-hydrogen) atoms. The van der Waals surface area contributed by atoms with Crippen LogP contribution in [-0.4, -0.2) is 11.7 Å². The quantitative estimate of drug-likeness (QED) is 0.831. The van der Waals surface area contributed by atoms with Crippen molar-refractivity contribution in [3.05, 3.63) is 54.0 Å². The molecule has 0 radical (unpaired) electrons. The Kier molecular flexibility index (Phi) is 3.83. The Morgan fingerprint density at radius 2 is 2.00 bits per heavy atom. The predicted octanol–water partition coefficient (Wildman–Crippen LogP) is 2.99. The van der Waals surface area contributed by atoms with Crippen molar-refractivity contribution in [2.45, 2.75) is 19.4 Å². The average molecular weight is 231 g/mol. The van der Waals surface area contributed by atoms with Gasteiger partial charge in [0.2, 0.25) is 0 Å². The number of nitrogens with one attached hydrogen (secondary N) is 1. The maximum atomic E-state index is 8.83. The molecule has 1 aromatic carbocycles. The lowest BCUT2D eigenvalue weighted by Gasteiger charge is -2.13. The van der Waals surface area contributed by atoms with E-state index >= 15 is 0 Å². The zero-order chi connectivity index (χ0) is 12.1. The van der Waals surface area contributed by atoms with Crippen molar-refractivity contribution in [3.63, 3.8) is 0 Å². The Morgan fingerprint density at radius 1 is 1.24 bits per heavy atom. The van der Waals surface area contributed by atoms with Crippen molar-refractivity contribution in [2.75, 3.05) is 11.9 Å². The largest absolute Gasteiger partial charge is 0.467 e. The van der Waals surface area contributed by atoms with Crippen LogP contribution in [0.2, 0.25) is 0 Å². The van der Waals surface area contributed by atoms with Gasteiger partial charge >= 0.3 is 0 Å². The van der Waals surface area contributed by atoms with Gasteiger partial charge in [-0.3, -0.25) is 0 Å². The molecule has 0 saturated carbocycles. The summed E-state index contributed by atoms with van der Waals surface area (Å²) in [5, 5.41) is 12.2. The highest BCUT2D eigenvalue weighted by molar-refractivity contribution is 5.46. The Bertz CT molecular complexity index is 434. The van der Waals surface area contributed by atoms with E-state index < -0.39 is 0 Å². The SMILES string of the molecule is CC(Nc1ccc(CCO)cc1)c1ccco1. The first kappa shape index (κ1) is 11.7. The number of rotatable bonds is 5. The first-order chi connectivity index (χ1) is 8.29. The van der Waals surface area contributed by atoms with Gasteiger partial charge in [-0.1, -0.05) is 12.1 Å². The van der Waals surface area contributed by atoms with Crippen LogP contribution in [0.4, 0.5) is 5.69 Å². The monoisotopic (exact) mass is 231 g/mol. The van der Waals surface area contributed by atoms with Crippen LogP contribution in [-0.2, 0) is 6.42 Å². The molecule has 0 aliphatic rings. The molecule has 0 saturated heterocycles. The summed E-state index contributed by atoms with van der Waals surface area (Å²) >= 11 is 0. The minimum Gasteiger partial charge on any atom is -0.467 e. The fraction of sp³-hybridized carbons (Fsp3) is 0.286. The molecule has 0 fully saturated rings. The number of hydrogen-bond acceptors (Lipinski definition) is 3. The van der Waals surface area contributed by atoms with E-state index in [-0.39, 0.29) is 12.6 Å². The van der Waals surface area contributed by atoms with Crippen molar-refractivity contribution in [1.82, 2.24) is 0 Å². The second-order valence-electron chi connectivity index (χ2n) is 4.05. The van der Waals surface area contributed by atoms with Gasteiger partial charge in [0.05, 0.1) is 12.3 Å². The van der Waals surface area contributed by atoms with E-state index in [9.17, 15) is 0 Å². The Morgan fingerprint density at radius 3 is 2.59 bits per heavy atom. The van der Waals surface area contributed by atoms with Crippen molar-refractivity contribution < 1.29 is 9.52 Å². The molecule has 1 unspecified atom stereocenters. The smallest absolute Gasteiger partial charge is 0.125 e. The average Bonchev–Trinajstić information content (AvgIpc) is 2.86. The molecule has 0 spiro atoms. The lowest BCUT2D eigenvalue weighted by atomic mass is 10.1. The maximum Gasteiger partial charge on any atom is 0.125 e. The van der Waals surface area contributed by atoms with Gasteiger partial charge in [0.15, 0.2) is 0 Å². The lowest BCUT2D eigenvalue weighted by molar-refractivity contribution is 0.299. The molecular formula is C14H17NO2. The summed E-state index contributed by atoms with van der Waals surface area (Å²) in [7, 11) is 0. The standard InChI is InChI=1S/C14H17NO2/c1-11(14-3-2-10-17-14)15-13-6-4-12(5-7-13)8-9-16/h2-7,10-11,15-16H,8-9H2,1H3. The minimum atomic E-state index is 0.147. The van der Waals surface area contributed by atoms with E-state index in [4.69, 9.17) is 9.52 Å². The highest BCUT2D eigenvalue weighted by atomic mass is 16.3. The third-order valence-corrected chi connectivity index (χ3v) is 2.71. The van der Waals surface area contributed by atoms with Gasteiger partial charge < -0.3 is 14.8 Å². The molecule has 1 aromatic heterocycles. The van der Waals surface area contributed by atoms with Crippen LogP contribution >= 0.6 is 0 Å². The molecule has 3 nitrogen and oxygen atoms in total. The summed E-state index contributed by atoms with van der Waals surface area (Å²) in [5.74, 6) is 0.921. The molecule has 1 heterocycles. The van der Waals surface area contributed by atoms with Crippen LogP contribution in [0.15, 0.2) is 47.1 Å². The number of anilines is 1. The number of hydrogen-bond donors (Lipinski definition) is 2. The molecule has 0 aliphatic heterocycles. The molecule has 0 aliphatic carbocycles. The zero-order valence-corrected chi connectivity index (χ0v) is 9.89. The molecule has 0 amide bonds. The van der Waals surface area contributed by atoms with E-state index in [2.05, 4.69) is 12.2 Å². The van der Waals surface area contributed by atoms with Gasteiger partial charge in [-0.15, -0.1) is 0 Å². The van der Waals surface area contributed by atoms with E-state index in [1.165, 1.54) is 0 Å². The molecule has 2 aromatic rings. The van der Waals surface area contributed by atoms with Crippen LogP contribution in [0, 0.1) is 0 Å². The van der Waals surface area contributed by atoms with Gasteiger partial charge in [0, 0.05) is 12.3 Å². The highest BCUT2D eigenvalue weighted by Gasteiger charge is 2.07. The number of aliphatic hydroxyl groups is 1. The van der Waals surface area contributed by atoms with Crippen LogP contribution in [0.25, 0.3) is 0 Å². The molecular weight excluding hydrogens is 214 g/mol. The van der Waals surface area contributed by atoms with E-state index in [1.807, 2.05) is 36.4 Å². The second kappa shape index (κ2) is 5.55. The third-order valence-electron chi connectivity index (χ3n) is 2.71. The lowest BCUT2D eigenvalue weighted by Crippen LogP contribution is -2.05. The third kappa shape index (κ3) is 3.11. The minimum absolute atomic E-state index is 0.147. The topological polar surface area (TPSA) is 45.4 Å². The predicted molar refractivity (Wildman–Crippen MR) is 68.0 cm³/mol. The van der Waals surface area contributed by atoms with Crippen molar-refractivity contribution in [3.8, 4) is 0 Å². The van der Waals surface area contributed by atoms with Crippen molar-refractivity contribution >= 4 is 5.69 Å². The summed E-state index contributed by atoms with van der Waals surface area (Å²) in [6.45, 7) is 2.25. The van der Waals surface area contributed by atoms with Gasteiger partial charge in [0.25, 0.3) is 0 Å². The molecule has 2 rings (SSSR count). The summed E-state index contributed by atoms with van der Waals surface area (Å²) in [5.41, 5.74) is 2.19. The van der Waals surface area contributed by atoms with Crippen molar-refractivity contribution in [2.24, 2.45) is 0 Å². The van der Waals surface area contributed by atoms with E-state index in [0.717, 1.165) is 17.0 Å². The second-order valence-corrected chi connectivity index (χ2v) is 4.05. The molecule has 1 atom stereocenters. The Labute approximate surface area is 101 Å². The van der Waals surface area contributed by atoms with Crippen LogP contribution in [0.5, 0.6) is 0 Å². The van der Waals surface area contributed by atoms with Gasteiger partial charge in [0.1, 0.15) is 5.76 Å². The summed E-state index contributed by atoms with van der Waals surface area (Å²) < 4.78 is 5.33. The van der Waals surface area contributed by atoms with Crippen LogP contribution in [0.1, 0.15) is 24.3 Å². The number of aliphatic hydroxyl groups excluding tert-OH is 1. The maximum absolute atomic E-state index is 8.83. The van der Waals surface area contributed by atoms with E-state index in [1.54, 1.807) is 6.26 Å². The Balaban J connectivity index is 1.99. The molecule has 90 valence electrons.